The van der Waals surface area contributed by atoms with Crippen LogP contribution in [-0.4, -0.2) is 60.4 Å². The van der Waals surface area contributed by atoms with Crippen molar-refractivity contribution in [3.63, 3.8) is 0 Å². The molecule has 1 aromatic carbocycles. The number of likely N-dealkylation sites (tertiary alicyclic amines) is 1. The molecule has 8 nitrogen and oxygen atoms in total. The summed E-state index contributed by atoms with van der Waals surface area (Å²) in [5.41, 5.74) is 1.79. The highest BCUT2D eigenvalue weighted by molar-refractivity contribution is 8.14. The number of amidine groups is 1. The number of amides is 2. The van der Waals surface area contributed by atoms with E-state index in [9.17, 15) is 14.4 Å². The lowest BCUT2D eigenvalue weighted by molar-refractivity contribution is -0.151. The maximum atomic E-state index is 13.5. The van der Waals surface area contributed by atoms with E-state index in [1.54, 1.807) is 36.1 Å². The van der Waals surface area contributed by atoms with Gasteiger partial charge in [-0.05, 0) is 68.0 Å². The molecule has 2 amide bonds. The number of thiophene rings is 1. The predicted molar refractivity (Wildman–Crippen MR) is 148 cm³/mol. The smallest absolute Gasteiger partial charge is 0.309 e. The van der Waals surface area contributed by atoms with Crippen LogP contribution in [0.2, 0.25) is 5.02 Å². The van der Waals surface area contributed by atoms with Crippen LogP contribution in [0.3, 0.4) is 0 Å². The number of anilines is 1. The summed E-state index contributed by atoms with van der Waals surface area (Å²) >= 11 is 8.97. The Morgan fingerprint density at radius 2 is 2.03 bits per heavy atom. The van der Waals surface area contributed by atoms with Crippen LogP contribution in [-0.2, 0) is 19.1 Å². The predicted octanol–water partition coefficient (Wildman–Crippen LogP) is 5.00. The number of halogens is 1. The van der Waals surface area contributed by atoms with E-state index >= 15 is 0 Å². The van der Waals surface area contributed by atoms with Gasteiger partial charge in [-0.25, -0.2) is 9.89 Å². The molecule has 2 aliphatic rings. The summed E-state index contributed by atoms with van der Waals surface area (Å²) in [6, 6.07) is 7.01. The first-order chi connectivity index (χ1) is 17.8. The van der Waals surface area contributed by atoms with Gasteiger partial charge >= 0.3 is 5.97 Å². The molecule has 0 spiro atoms. The Kier molecular flexibility index (Phi) is 8.94. The molecular weight excluding hydrogens is 534 g/mol. The van der Waals surface area contributed by atoms with Gasteiger partial charge in [0, 0.05) is 23.0 Å². The molecule has 0 unspecified atom stereocenters. The minimum absolute atomic E-state index is 0.0769. The van der Waals surface area contributed by atoms with Gasteiger partial charge in [-0.1, -0.05) is 23.4 Å². The van der Waals surface area contributed by atoms with Crippen molar-refractivity contribution in [3.05, 3.63) is 50.8 Å². The number of rotatable bonds is 7. The molecule has 11 heteroatoms. The van der Waals surface area contributed by atoms with Crippen molar-refractivity contribution in [3.8, 4) is 5.75 Å². The fraction of sp³-hybridized carbons (Fsp3) is 0.385. The largest absolute Gasteiger partial charge is 0.495 e. The Morgan fingerprint density at radius 1 is 1.27 bits per heavy atom. The second-order valence-corrected chi connectivity index (χ2v) is 10.9. The van der Waals surface area contributed by atoms with E-state index < -0.39 is 0 Å². The molecule has 0 saturated carbocycles. The first-order valence-electron chi connectivity index (χ1n) is 11.9. The van der Waals surface area contributed by atoms with Crippen molar-refractivity contribution in [2.24, 2.45) is 10.9 Å². The summed E-state index contributed by atoms with van der Waals surface area (Å²) in [5.74, 6) is -0.208. The summed E-state index contributed by atoms with van der Waals surface area (Å²) in [6.07, 6.45) is 2.92. The molecule has 3 heterocycles. The quantitative estimate of drug-likeness (QED) is 0.349. The van der Waals surface area contributed by atoms with E-state index in [1.165, 1.54) is 35.1 Å². The van der Waals surface area contributed by atoms with Gasteiger partial charge < -0.3 is 14.4 Å². The Balaban J connectivity index is 1.53. The molecule has 1 saturated heterocycles. The van der Waals surface area contributed by atoms with Crippen molar-refractivity contribution in [2.45, 2.75) is 26.7 Å². The third kappa shape index (κ3) is 6.19. The minimum Gasteiger partial charge on any atom is -0.495 e. The minimum atomic E-state index is -0.321. The molecule has 0 bridgehead atoms. The Bertz CT molecular complexity index is 1250. The highest BCUT2D eigenvalue weighted by Gasteiger charge is 2.35. The highest BCUT2D eigenvalue weighted by atomic mass is 35.5. The monoisotopic (exact) mass is 561 g/mol. The summed E-state index contributed by atoms with van der Waals surface area (Å²) in [7, 11) is 1.52. The van der Waals surface area contributed by atoms with Gasteiger partial charge in [0.25, 0.3) is 5.91 Å². The van der Waals surface area contributed by atoms with Crippen molar-refractivity contribution >= 4 is 69.4 Å². The lowest BCUT2D eigenvalue weighted by Crippen LogP contribution is -2.42. The van der Waals surface area contributed by atoms with Crippen molar-refractivity contribution in [2.75, 3.05) is 37.5 Å². The standard InChI is InChI=1S/C26H28ClN3O5S2/c1-4-35-25(33)17-7-10-29(11-8-17)23(31)15-37-26-28-19(14-22-16(2)9-12-36-22)24(32)30(26)20-13-18(27)5-6-21(20)34-3/h5-6,9,12-14,17H,4,7-8,10-11,15H2,1-3H3/b19-14+. The summed E-state index contributed by atoms with van der Waals surface area (Å²) in [5, 5.41) is 2.78. The van der Waals surface area contributed by atoms with Gasteiger partial charge in [0.05, 0.1) is 31.1 Å². The average Bonchev–Trinajstić information content (AvgIpc) is 3.44. The van der Waals surface area contributed by atoms with Crippen LogP contribution < -0.4 is 9.64 Å². The average molecular weight is 562 g/mol. The molecule has 2 aromatic rings. The first-order valence-corrected chi connectivity index (χ1v) is 14.2. The maximum absolute atomic E-state index is 13.5. The van der Waals surface area contributed by atoms with Crippen LogP contribution in [0.25, 0.3) is 6.08 Å². The topological polar surface area (TPSA) is 88.5 Å². The normalized spacial score (nSPS) is 17.4. The van der Waals surface area contributed by atoms with Crippen LogP contribution in [0.15, 0.2) is 40.3 Å². The molecule has 1 fully saturated rings. The fourth-order valence-corrected chi connectivity index (χ4v) is 6.07. The van der Waals surface area contributed by atoms with Crippen molar-refractivity contribution < 1.29 is 23.9 Å². The van der Waals surface area contributed by atoms with Gasteiger partial charge in [0.1, 0.15) is 11.4 Å². The zero-order chi connectivity index (χ0) is 26.5. The molecule has 196 valence electrons. The third-order valence-electron chi connectivity index (χ3n) is 6.17. The SMILES string of the molecule is CCOC(=O)C1CCN(C(=O)CSC2=N/C(=C/c3sccc3C)C(=O)N2c2cc(Cl)ccc2OC)CC1. The lowest BCUT2D eigenvalue weighted by Gasteiger charge is -2.31. The van der Waals surface area contributed by atoms with Crippen molar-refractivity contribution in [1.82, 2.24) is 4.90 Å². The third-order valence-corrected chi connectivity index (χ3v) is 8.30. The molecule has 1 aromatic heterocycles. The summed E-state index contributed by atoms with van der Waals surface area (Å²) < 4.78 is 10.6. The van der Waals surface area contributed by atoms with Gasteiger partial charge in [-0.2, -0.15) is 0 Å². The molecule has 0 N–H and O–H groups in total. The molecule has 0 aliphatic carbocycles. The second-order valence-electron chi connectivity index (χ2n) is 8.54. The van der Waals surface area contributed by atoms with E-state index in [2.05, 4.69) is 4.99 Å². The number of ether oxygens (including phenoxy) is 2. The van der Waals surface area contributed by atoms with Crippen LogP contribution >= 0.6 is 34.7 Å². The number of hydrogen-bond donors (Lipinski definition) is 0. The number of carbonyl (C=O) groups excluding carboxylic acids is 3. The number of carbonyl (C=O) groups is 3. The van der Waals surface area contributed by atoms with E-state index in [1.807, 2.05) is 18.4 Å². The number of thioether (sulfide) groups is 1. The fourth-order valence-electron chi connectivity index (χ4n) is 4.14. The number of hydrogen-bond acceptors (Lipinski definition) is 8. The van der Waals surface area contributed by atoms with Gasteiger partial charge in [0.15, 0.2) is 5.17 Å². The van der Waals surface area contributed by atoms with Crippen LogP contribution in [0, 0.1) is 12.8 Å². The number of methoxy groups -OCH3 is 1. The highest BCUT2D eigenvalue weighted by Crippen LogP contribution is 2.37. The number of benzene rings is 1. The zero-order valence-electron chi connectivity index (χ0n) is 20.9. The molecule has 4 rings (SSSR count). The van der Waals surface area contributed by atoms with Crippen LogP contribution in [0.5, 0.6) is 5.75 Å². The van der Waals surface area contributed by atoms with E-state index in [0.29, 0.717) is 54.2 Å². The van der Waals surface area contributed by atoms with Crippen LogP contribution in [0.4, 0.5) is 5.69 Å². The molecule has 37 heavy (non-hydrogen) atoms. The van der Waals surface area contributed by atoms with E-state index in [-0.39, 0.29) is 35.2 Å². The van der Waals surface area contributed by atoms with Gasteiger partial charge in [-0.3, -0.25) is 14.4 Å². The first kappa shape index (κ1) is 27.2. The molecule has 0 radical (unpaired) electrons. The number of piperidine rings is 1. The lowest BCUT2D eigenvalue weighted by atomic mass is 9.97. The van der Waals surface area contributed by atoms with E-state index in [0.717, 1.165) is 10.4 Å². The van der Waals surface area contributed by atoms with Crippen LogP contribution in [0.1, 0.15) is 30.2 Å². The Labute approximate surface area is 229 Å². The Morgan fingerprint density at radius 3 is 2.68 bits per heavy atom. The number of aryl methyl sites for hydroxylation is 1. The zero-order valence-corrected chi connectivity index (χ0v) is 23.3. The number of aliphatic imine (C=N–C) groups is 1. The summed E-state index contributed by atoms with van der Waals surface area (Å²) in [4.78, 5) is 47.3. The maximum Gasteiger partial charge on any atom is 0.309 e. The van der Waals surface area contributed by atoms with Gasteiger partial charge in [0.2, 0.25) is 5.91 Å². The second kappa shape index (κ2) is 12.1. The Hall–Kier alpha value is -2.82. The number of esters is 1. The molecule has 2 aliphatic heterocycles. The molecule has 0 atom stereocenters. The molecular formula is C26H28ClN3O5S2. The number of nitrogens with zero attached hydrogens (tertiary/aromatic N) is 3. The van der Waals surface area contributed by atoms with E-state index in [4.69, 9.17) is 21.1 Å². The summed E-state index contributed by atoms with van der Waals surface area (Å²) in [6.45, 7) is 5.09. The van der Waals surface area contributed by atoms with Crippen molar-refractivity contribution in [1.29, 1.82) is 0 Å². The van der Waals surface area contributed by atoms with Gasteiger partial charge in [-0.15, -0.1) is 11.3 Å².